The van der Waals surface area contributed by atoms with Gasteiger partial charge in [0.2, 0.25) is 0 Å². The van der Waals surface area contributed by atoms with Gasteiger partial charge < -0.3 is 5.32 Å². The van der Waals surface area contributed by atoms with Crippen LogP contribution in [0, 0.1) is 0 Å². The van der Waals surface area contributed by atoms with E-state index in [1.165, 1.54) is 11.1 Å². The molecular formula is C16H21N. The molecule has 0 fully saturated rings. The van der Waals surface area contributed by atoms with Crippen molar-refractivity contribution in [2.75, 3.05) is 0 Å². The lowest BCUT2D eigenvalue weighted by Crippen LogP contribution is -2.09. The Kier molecular flexibility index (Phi) is 5.28. The van der Waals surface area contributed by atoms with Gasteiger partial charge in [0.25, 0.3) is 0 Å². The zero-order valence-electron chi connectivity index (χ0n) is 10.8. The summed E-state index contributed by atoms with van der Waals surface area (Å²) in [5, 5.41) is 3.23. The van der Waals surface area contributed by atoms with Crippen LogP contribution < -0.4 is 5.32 Å². The van der Waals surface area contributed by atoms with Crippen LogP contribution >= 0.6 is 0 Å². The van der Waals surface area contributed by atoms with Gasteiger partial charge in [-0.3, -0.25) is 0 Å². The summed E-state index contributed by atoms with van der Waals surface area (Å²) in [6.07, 6.45) is 6.08. The highest BCUT2D eigenvalue weighted by Gasteiger charge is 2.03. The molecule has 1 aromatic rings. The lowest BCUT2D eigenvalue weighted by Gasteiger charge is -2.13. The summed E-state index contributed by atoms with van der Waals surface area (Å²) in [7, 11) is 0. The van der Waals surface area contributed by atoms with Gasteiger partial charge in [0.05, 0.1) is 0 Å². The number of hydrogen-bond acceptors (Lipinski definition) is 1. The Balaban J connectivity index is 2.76. The van der Waals surface area contributed by atoms with Crippen LogP contribution in [-0.4, -0.2) is 0 Å². The second kappa shape index (κ2) is 6.74. The molecule has 0 saturated heterocycles. The maximum atomic E-state index is 4.08. The summed E-state index contributed by atoms with van der Waals surface area (Å²) in [5.41, 5.74) is 4.26. The summed E-state index contributed by atoms with van der Waals surface area (Å²) in [5.74, 6) is 0. The summed E-state index contributed by atoms with van der Waals surface area (Å²) >= 11 is 0. The Hall–Kier alpha value is -1.76. The maximum Gasteiger partial charge on any atom is 0.0387 e. The van der Waals surface area contributed by atoms with E-state index in [1.807, 2.05) is 12.1 Å². The smallest absolute Gasteiger partial charge is 0.0387 e. The number of benzene rings is 1. The van der Waals surface area contributed by atoms with Gasteiger partial charge in [0, 0.05) is 17.0 Å². The minimum absolute atomic E-state index is 0.878. The standard InChI is InChI=1S/C16H21N/c1-5-7-10-13(3)17-14(4)16-12-9-8-11-15(16)6-2/h7-12,17H,3-6H2,1-2H3/b10-7-. The molecule has 90 valence electrons. The van der Waals surface area contributed by atoms with E-state index < -0.39 is 0 Å². The summed E-state index contributed by atoms with van der Waals surface area (Å²) in [6, 6.07) is 8.31. The topological polar surface area (TPSA) is 12.0 Å². The summed E-state index contributed by atoms with van der Waals surface area (Å²) < 4.78 is 0. The van der Waals surface area contributed by atoms with E-state index in [4.69, 9.17) is 0 Å². The summed E-state index contributed by atoms with van der Waals surface area (Å²) in [6.45, 7) is 12.3. The van der Waals surface area contributed by atoms with Crippen molar-refractivity contribution in [1.82, 2.24) is 5.32 Å². The van der Waals surface area contributed by atoms with Gasteiger partial charge in [-0.2, -0.15) is 0 Å². The van der Waals surface area contributed by atoms with Crippen molar-refractivity contribution in [2.24, 2.45) is 0 Å². The van der Waals surface area contributed by atoms with Gasteiger partial charge in [-0.05, 0) is 24.5 Å². The first kappa shape index (κ1) is 13.3. The molecule has 0 heterocycles. The molecule has 1 nitrogen and oxygen atoms in total. The zero-order chi connectivity index (χ0) is 12.7. The first-order valence-corrected chi connectivity index (χ1v) is 6.08. The largest absolute Gasteiger partial charge is 0.356 e. The molecule has 1 aromatic carbocycles. The molecule has 1 rings (SSSR count). The number of allylic oxidation sites excluding steroid dienone is 2. The Labute approximate surface area is 105 Å². The van der Waals surface area contributed by atoms with Crippen molar-refractivity contribution in [2.45, 2.75) is 26.7 Å². The second-order valence-corrected chi connectivity index (χ2v) is 3.95. The van der Waals surface area contributed by atoms with Gasteiger partial charge in [-0.1, -0.05) is 57.3 Å². The van der Waals surface area contributed by atoms with Gasteiger partial charge in [-0.15, -0.1) is 0 Å². The van der Waals surface area contributed by atoms with Gasteiger partial charge >= 0.3 is 0 Å². The van der Waals surface area contributed by atoms with E-state index >= 15 is 0 Å². The van der Waals surface area contributed by atoms with Crippen LogP contribution in [0.4, 0.5) is 0 Å². The quantitative estimate of drug-likeness (QED) is 0.715. The molecular weight excluding hydrogens is 206 g/mol. The molecule has 0 aromatic heterocycles. The van der Waals surface area contributed by atoms with Crippen molar-refractivity contribution in [3.05, 3.63) is 66.4 Å². The lowest BCUT2D eigenvalue weighted by molar-refractivity contribution is 1.09. The fraction of sp³-hybridized carbons (Fsp3) is 0.250. The Morgan fingerprint density at radius 1 is 1.24 bits per heavy atom. The fourth-order valence-corrected chi connectivity index (χ4v) is 1.69. The van der Waals surface area contributed by atoms with E-state index in [-0.39, 0.29) is 0 Å². The SMILES string of the molecule is C=C(/C=C\CC)NC(=C)c1ccccc1CC. The van der Waals surface area contributed by atoms with Crippen molar-refractivity contribution in [3.63, 3.8) is 0 Å². The molecule has 0 atom stereocenters. The predicted molar refractivity (Wildman–Crippen MR) is 76.6 cm³/mol. The number of aryl methyl sites for hydroxylation is 1. The van der Waals surface area contributed by atoms with Crippen LogP contribution in [0.5, 0.6) is 0 Å². The zero-order valence-corrected chi connectivity index (χ0v) is 10.8. The van der Waals surface area contributed by atoms with E-state index in [2.05, 4.69) is 56.6 Å². The van der Waals surface area contributed by atoms with Crippen molar-refractivity contribution in [1.29, 1.82) is 0 Å². The predicted octanol–water partition coefficient (Wildman–Crippen LogP) is 4.29. The molecule has 1 heteroatoms. The van der Waals surface area contributed by atoms with E-state index in [1.54, 1.807) is 0 Å². The molecule has 17 heavy (non-hydrogen) atoms. The van der Waals surface area contributed by atoms with Crippen LogP contribution in [0.3, 0.4) is 0 Å². The average Bonchev–Trinajstić information content (AvgIpc) is 2.36. The number of hydrogen-bond donors (Lipinski definition) is 1. The number of nitrogens with one attached hydrogen (secondary N) is 1. The molecule has 1 N–H and O–H groups in total. The molecule has 0 aliphatic rings. The Morgan fingerprint density at radius 3 is 2.59 bits per heavy atom. The highest BCUT2D eigenvalue weighted by molar-refractivity contribution is 5.66. The van der Waals surface area contributed by atoms with Crippen LogP contribution in [0.15, 0.2) is 55.3 Å². The molecule has 0 unspecified atom stereocenters. The molecule has 0 amide bonds. The highest BCUT2D eigenvalue weighted by atomic mass is 14.9. The Bertz CT molecular complexity index is 427. The minimum Gasteiger partial charge on any atom is -0.356 e. The highest BCUT2D eigenvalue weighted by Crippen LogP contribution is 2.17. The van der Waals surface area contributed by atoms with Crippen molar-refractivity contribution >= 4 is 5.70 Å². The third kappa shape index (κ3) is 3.95. The van der Waals surface area contributed by atoms with Crippen LogP contribution in [0.1, 0.15) is 31.4 Å². The first-order chi connectivity index (χ1) is 8.19. The van der Waals surface area contributed by atoms with Crippen molar-refractivity contribution in [3.8, 4) is 0 Å². The lowest BCUT2D eigenvalue weighted by atomic mass is 10.0. The van der Waals surface area contributed by atoms with Crippen LogP contribution in [0.25, 0.3) is 5.70 Å². The molecule has 0 spiro atoms. The monoisotopic (exact) mass is 227 g/mol. The summed E-state index contributed by atoms with van der Waals surface area (Å²) in [4.78, 5) is 0. The van der Waals surface area contributed by atoms with E-state index in [0.717, 1.165) is 24.2 Å². The maximum absolute atomic E-state index is 4.08. The molecule has 0 bridgehead atoms. The molecule has 0 radical (unpaired) electrons. The molecule has 0 saturated carbocycles. The third-order valence-electron chi connectivity index (χ3n) is 2.59. The number of rotatable bonds is 6. The van der Waals surface area contributed by atoms with Crippen LogP contribution in [0.2, 0.25) is 0 Å². The Morgan fingerprint density at radius 2 is 1.94 bits per heavy atom. The van der Waals surface area contributed by atoms with Crippen molar-refractivity contribution < 1.29 is 0 Å². The second-order valence-electron chi connectivity index (χ2n) is 3.95. The van der Waals surface area contributed by atoms with Gasteiger partial charge in [0.1, 0.15) is 0 Å². The fourth-order valence-electron chi connectivity index (χ4n) is 1.69. The normalized spacial score (nSPS) is 10.5. The van der Waals surface area contributed by atoms with Gasteiger partial charge in [-0.25, -0.2) is 0 Å². The van der Waals surface area contributed by atoms with Crippen LogP contribution in [-0.2, 0) is 6.42 Å². The molecule has 0 aliphatic carbocycles. The van der Waals surface area contributed by atoms with E-state index in [9.17, 15) is 0 Å². The third-order valence-corrected chi connectivity index (χ3v) is 2.59. The average molecular weight is 227 g/mol. The minimum atomic E-state index is 0.878. The van der Waals surface area contributed by atoms with Gasteiger partial charge in [0.15, 0.2) is 0 Å². The first-order valence-electron chi connectivity index (χ1n) is 6.08. The van der Waals surface area contributed by atoms with E-state index in [0.29, 0.717) is 0 Å². The molecule has 0 aliphatic heterocycles.